The van der Waals surface area contributed by atoms with E-state index in [4.69, 9.17) is 0 Å². The van der Waals surface area contributed by atoms with Crippen LogP contribution >= 0.6 is 0 Å². The van der Waals surface area contributed by atoms with Gasteiger partial charge in [0.1, 0.15) is 0 Å². The maximum absolute atomic E-state index is 2.57. The van der Waals surface area contributed by atoms with Crippen LogP contribution in [0.15, 0.2) is 0 Å². The van der Waals surface area contributed by atoms with E-state index in [9.17, 15) is 0 Å². The van der Waals surface area contributed by atoms with Crippen molar-refractivity contribution in [2.75, 3.05) is 7.05 Å². The first-order valence-corrected chi connectivity index (χ1v) is 6.03. The minimum atomic E-state index is 0.561. The number of hydrogen-bond acceptors (Lipinski definition) is 1. The standard InChI is InChI=1S/C8H18NSi/c1-9(10-2)8-6-4-3-5-7-8/h8,10H,3-7H2,1-2H3/q+1. The summed E-state index contributed by atoms with van der Waals surface area (Å²) in [5.41, 5.74) is 0. The number of hydrogen-bond donors (Lipinski definition) is 0. The van der Waals surface area contributed by atoms with Gasteiger partial charge in [-0.25, -0.2) is 0 Å². The van der Waals surface area contributed by atoms with Gasteiger partial charge < -0.3 is 0 Å². The van der Waals surface area contributed by atoms with Crippen molar-refractivity contribution >= 4 is 9.68 Å². The Hall–Kier alpha value is 0.177. The van der Waals surface area contributed by atoms with Gasteiger partial charge in [-0.3, -0.25) is 0 Å². The topological polar surface area (TPSA) is 3.24 Å². The zero-order valence-electron chi connectivity index (χ0n) is 7.14. The minimum absolute atomic E-state index is 0.561. The van der Waals surface area contributed by atoms with Crippen LogP contribution in [0.4, 0.5) is 0 Å². The quantitative estimate of drug-likeness (QED) is 0.550. The molecule has 0 radical (unpaired) electrons. The molecule has 58 valence electrons. The minimum Gasteiger partial charge on any atom is -0.178 e. The fraction of sp³-hybridized carbons (Fsp3) is 1.00. The molecular formula is C8H18NSi+. The lowest BCUT2D eigenvalue weighted by Crippen LogP contribution is -2.34. The predicted octanol–water partition coefficient (Wildman–Crippen LogP) is 1.65. The van der Waals surface area contributed by atoms with Crippen LogP contribution in [-0.2, 0) is 0 Å². The van der Waals surface area contributed by atoms with Gasteiger partial charge in [0, 0.05) is 13.1 Å². The Morgan fingerprint density at radius 1 is 1.20 bits per heavy atom. The van der Waals surface area contributed by atoms with Crippen LogP contribution < -0.4 is 0 Å². The van der Waals surface area contributed by atoms with Gasteiger partial charge >= 0.3 is 9.68 Å². The first-order valence-electron chi connectivity index (χ1n) is 4.36. The van der Waals surface area contributed by atoms with E-state index in [0.29, 0.717) is 9.68 Å². The molecule has 0 aromatic rings. The van der Waals surface area contributed by atoms with Crippen molar-refractivity contribution in [2.45, 2.75) is 44.7 Å². The van der Waals surface area contributed by atoms with Crippen LogP contribution in [0.3, 0.4) is 0 Å². The van der Waals surface area contributed by atoms with Gasteiger partial charge in [0.25, 0.3) is 0 Å². The summed E-state index contributed by atoms with van der Waals surface area (Å²) in [5, 5.41) is 0. The molecule has 2 heteroatoms. The van der Waals surface area contributed by atoms with E-state index < -0.39 is 0 Å². The molecule has 0 spiro atoms. The summed E-state index contributed by atoms with van der Waals surface area (Å²) in [4.78, 5) is 0. The maximum atomic E-state index is 2.57. The fourth-order valence-corrected chi connectivity index (χ4v) is 2.42. The van der Waals surface area contributed by atoms with Crippen LogP contribution in [0.5, 0.6) is 0 Å². The van der Waals surface area contributed by atoms with Crippen molar-refractivity contribution in [1.29, 1.82) is 0 Å². The Morgan fingerprint density at radius 2 is 1.80 bits per heavy atom. The highest BCUT2D eigenvalue weighted by molar-refractivity contribution is 6.29. The normalized spacial score (nSPS) is 21.5. The molecule has 0 bridgehead atoms. The van der Waals surface area contributed by atoms with Crippen molar-refractivity contribution in [3.05, 3.63) is 0 Å². The summed E-state index contributed by atoms with van der Waals surface area (Å²) in [6.45, 7) is 2.33. The third-order valence-corrected chi connectivity index (χ3v) is 3.79. The zero-order chi connectivity index (χ0) is 7.40. The van der Waals surface area contributed by atoms with Gasteiger partial charge in [-0.15, -0.1) is 0 Å². The summed E-state index contributed by atoms with van der Waals surface area (Å²) in [5.74, 6) is 0. The van der Waals surface area contributed by atoms with Crippen LogP contribution in [0.1, 0.15) is 32.1 Å². The zero-order valence-corrected chi connectivity index (χ0v) is 8.29. The Balaban J connectivity index is 2.24. The van der Waals surface area contributed by atoms with Crippen molar-refractivity contribution in [2.24, 2.45) is 0 Å². The molecule has 1 aliphatic carbocycles. The van der Waals surface area contributed by atoms with E-state index in [1.54, 1.807) is 0 Å². The molecule has 0 atom stereocenters. The molecule has 1 nitrogen and oxygen atoms in total. The maximum Gasteiger partial charge on any atom is 0.386 e. The lowest BCUT2D eigenvalue weighted by atomic mass is 9.96. The Labute approximate surface area is 66.7 Å². The lowest BCUT2D eigenvalue weighted by molar-refractivity contribution is 0.292. The molecule has 0 amide bonds. The van der Waals surface area contributed by atoms with Crippen molar-refractivity contribution < 1.29 is 0 Å². The average molecular weight is 156 g/mol. The molecule has 1 rings (SSSR count). The van der Waals surface area contributed by atoms with Gasteiger partial charge in [-0.05, 0) is 12.8 Å². The largest absolute Gasteiger partial charge is 0.386 e. The average Bonchev–Trinajstić information content (AvgIpc) is 2.05. The highest BCUT2D eigenvalue weighted by Crippen LogP contribution is 2.20. The molecule has 10 heavy (non-hydrogen) atoms. The van der Waals surface area contributed by atoms with Crippen LogP contribution in [0, 0.1) is 0 Å². The summed E-state index contributed by atoms with van der Waals surface area (Å²) in [6.07, 6.45) is 7.32. The third kappa shape index (κ3) is 2.10. The molecule has 1 saturated carbocycles. The van der Waals surface area contributed by atoms with Crippen molar-refractivity contribution in [1.82, 2.24) is 4.57 Å². The van der Waals surface area contributed by atoms with Crippen molar-refractivity contribution in [3.63, 3.8) is 0 Å². The monoisotopic (exact) mass is 156 g/mol. The molecule has 0 heterocycles. The third-order valence-electron chi connectivity index (χ3n) is 2.56. The molecule has 1 fully saturated rings. The molecule has 0 aromatic carbocycles. The first kappa shape index (κ1) is 8.28. The molecule has 1 aliphatic rings. The number of rotatable bonds is 2. The fourth-order valence-electron chi connectivity index (χ4n) is 1.70. The van der Waals surface area contributed by atoms with E-state index in [-0.39, 0.29) is 0 Å². The van der Waals surface area contributed by atoms with E-state index in [1.807, 2.05) is 0 Å². The smallest absolute Gasteiger partial charge is 0.178 e. The first-order chi connectivity index (χ1) is 4.84. The van der Waals surface area contributed by atoms with Crippen LogP contribution in [0.2, 0.25) is 6.55 Å². The van der Waals surface area contributed by atoms with E-state index in [2.05, 4.69) is 18.2 Å². The Kier molecular flexibility index (Phi) is 3.42. The predicted molar refractivity (Wildman–Crippen MR) is 47.6 cm³/mol. The van der Waals surface area contributed by atoms with Crippen LogP contribution in [0.25, 0.3) is 0 Å². The van der Waals surface area contributed by atoms with Gasteiger partial charge in [0.15, 0.2) is 0 Å². The Morgan fingerprint density at radius 3 is 2.30 bits per heavy atom. The summed E-state index contributed by atoms with van der Waals surface area (Å²) in [6, 6.07) is 0.939. The molecule has 0 aliphatic heterocycles. The SMILES string of the molecule is C[SiH+]N(C)C1CCCCC1. The molecule has 0 unspecified atom stereocenters. The highest BCUT2D eigenvalue weighted by Gasteiger charge is 2.21. The Bertz CT molecular complexity index is 89.3. The second kappa shape index (κ2) is 4.14. The summed E-state index contributed by atoms with van der Waals surface area (Å²) < 4.78 is 2.57. The lowest BCUT2D eigenvalue weighted by Gasteiger charge is -2.24. The summed E-state index contributed by atoms with van der Waals surface area (Å²) in [7, 11) is 2.84. The molecule has 0 aromatic heterocycles. The second-order valence-electron chi connectivity index (χ2n) is 3.22. The highest BCUT2D eigenvalue weighted by atomic mass is 28.2. The molecular weight excluding hydrogens is 138 g/mol. The van der Waals surface area contributed by atoms with E-state index in [0.717, 1.165) is 6.04 Å². The van der Waals surface area contributed by atoms with Gasteiger partial charge in [0.05, 0.1) is 6.55 Å². The number of nitrogens with zero attached hydrogens (tertiary/aromatic N) is 1. The van der Waals surface area contributed by atoms with E-state index in [1.165, 1.54) is 32.1 Å². The molecule has 0 saturated heterocycles. The van der Waals surface area contributed by atoms with E-state index >= 15 is 0 Å². The van der Waals surface area contributed by atoms with Gasteiger partial charge in [-0.2, -0.15) is 4.57 Å². The van der Waals surface area contributed by atoms with Gasteiger partial charge in [0.2, 0.25) is 0 Å². The second-order valence-corrected chi connectivity index (χ2v) is 4.55. The van der Waals surface area contributed by atoms with Crippen LogP contribution in [-0.4, -0.2) is 27.3 Å². The van der Waals surface area contributed by atoms with Crippen molar-refractivity contribution in [3.8, 4) is 0 Å². The summed E-state index contributed by atoms with van der Waals surface area (Å²) >= 11 is 0. The molecule has 0 N–H and O–H groups in total. The van der Waals surface area contributed by atoms with Gasteiger partial charge in [-0.1, -0.05) is 19.3 Å².